The Balaban J connectivity index is 1.42. The fraction of sp³-hybridized carbons (Fsp3) is 0.306. The summed E-state index contributed by atoms with van der Waals surface area (Å²) < 4.78 is 53.8. The largest absolute Gasteiger partial charge is 0.493 e. The van der Waals surface area contributed by atoms with E-state index in [2.05, 4.69) is 10.2 Å². The van der Waals surface area contributed by atoms with Gasteiger partial charge in [-0.25, -0.2) is 17.6 Å². The standard InChI is InChI=1S/C36H36ClFN6O5S2/c1-20-32-29-10-9-28(37)34(32)33-21(2)39-42(4)30(33)18-43(51(5,47)48)17-24-15-25(41(3)40-24)19-50-26-14-22-13-23(38)7-8-27(22)31(16-26)49-12-6-11-44(29)35(20)36(45)46/h7-10,13-16H,6,11-12,17-19H2,1-5H3,(H,45,46). The Morgan fingerprint density at radius 2 is 1.80 bits per heavy atom. The van der Waals surface area contributed by atoms with Crippen LogP contribution in [0, 0.1) is 19.7 Å². The van der Waals surface area contributed by atoms with Crippen LogP contribution < -0.4 is 4.74 Å². The lowest BCUT2D eigenvalue weighted by molar-refractivity contribution is 0.0684. The van der Waals surface area contributed by atoms with Crippen molar-refractivity contribution >= 4 is 61.0 Å². The third-order valence-electron chi connectivity index (χ3n) is 9.40. The summed E-state index contributed by atoms with van der Waals surface area (Å²) in [5, 5.41) is 22.3. The second-order valence-electron chi connectivity index (χ2n) is 12.8. The molecule has 0 aliphatic carbocycles. The first-order chi connectivity index (χ1) is 24.2. The van der Waals surface area contributed by atoms with E-state index in [1.54, 1.807) is 40.0 Å². The summed E-state index contributed by atoms with van der Waals surface area (Å²) >= 11 is 8.50. The number of fused-ring (bicyclic) bond motifs is 8. The summed E-state index contributed by atoms with van der Waals surface area (Å²) in [7, 11) is -0.180. The minimum atomic E-state index is -3.75. The monoisotopic (exact) mass is 750 g/mol. The van der Waals surface area contributed by atoms with Gasteiger partial charge in [0, 0.05) is 69.4 Å². The highest BCUT2D eigenvalue weighted by molar-refractivity contribution is 7.98. The van der Waals surface area contributed by atoms with Crippen LogP contribution in [0.4, 0.5) is 4.39 Å². The van der Waals surface area contributed by atoms with Crippen molar-refractivity contribution in [2.45, 2.75) is 50.6 Å². The van der Waals surface area contributed by atoms with E-state index < -0.39 is 16.0 Å². The second kappa shape index (κ2) is 13.3. The van der Waals surface area contributed by atoms with Crippen molar-refractivity contribution in [3.8, 4) is 16.9 Å². The van der Waals surface area contributed by atoms with Crippen LogP contribution >= 0.6 is 23.4 Å². The van der Waals surface area contributed by atoms with Gasteiger partial charge in [-0.3, -0.25) is 9.36 Å². The van der Waals surface area contributed by atoms with E-state index in [9.17, 15) is 22.7 Å². The summed E-state index contributed by atoms with van der Waals surface area (Å²) in [4.78, 5) is 13.7. The number of halogens is 2. The molecule has 15 heteroatoms. The van der Waals surface area contributed by atoms with Gasteiger partial charge >= 0.3 is 5.97 Å². The molecule has 11 nitrogen and oxygen atoms in total. The SMILES string of the molecule is Cc1nn(C)c2c1-c1c(Cl)ccc3c1c(C)c(C(=O)O)n3CCCOc1cc(cc3cc(F)ccc13)SCc1cc(nn1C)CN(S(C)(=O)=O)C2. The number of thioether (sulfide) groups is 1. The number of carboxylic acid groups (broad SMARTS) is 1. The minimum Gasteiger partial charge on any atom is -0.493 e. The van der Waals surface area contributed by atoms with E-state index in [-0.39, 0.29) is 31.2 Å². The minimum absolute atomic E-state index is 0.00471. The van der Waals surface area contributed by atoms with Crippen molar-refractivity contribution in [1.29, 1.82) is 0 Å². The van der Waals surface area contributed by atoms with E-state index in [0.29, 0.717) is 79.6 Å². The van der Waals surface area contributed by atoms with Gasteiger partial charge in [0.2, 0.25) is 10.0 Å². The van der Waals surface area contributed by atoms with Crippen LogP contribution in [0.3, 0.4) is 0 Å². The molecule has 3 aromatic heterocycles. The average molecular weight is 751 g/mol. The highest BCUT2D eigenvalue weighted by Crippen LogP contribution is 2.43. The Kier molecular flexibility index (Phi) is 9.15. The molecule has 0 saturated carbocycles. The van der Waals surface area contributed by atoms with Crippen molar-refractivity contribution in [3.05, 3.63) is 93.4 Å². The van der Waals surface area contributed by atoms with E-state index in [4.69, 9.17) is 16.3 Å². The van der Waals surface area contributed by atoms with Gasteiger partial charge in [-0.05, 0) is 79.7 Å². The number of aromatic carboxylic acids is 1. The summed E-state index contributed by atoms with van der Waals surface area (Å²) in [6, 6.07) is 13.8. The highest BCUT2D eigenvalue weighted by atomic mass is 35.5. The average Bonchev–Trinajstić information content (AvgIpc) is 3.65. The molecule has 0 atom stereocenters. The predicted octanol–water partition coefficient (Wildman–Crippen LogP) is 7.07. The fourth-order valence-corrected chi connectivity index (χ4v) is 9.00. The number of hydrogen-bond acceptors (Lipinski definition) is 7. The van der Waals surface area contributed by atoms with Gasteiger partial charge in [0.25, 0.3) is 0 Å². The molecule has 51 heavy (non-hydrogen) atoms. The molecule has 1 aliphatic heterocycles. The Morgan fingerprint density at radius 3 is 2.55 bits per heavy atom. The highest BCUT2D eigenvalue weighted by Gasteiger charge is 2.29. The molecule has 0 unspecified atom stereocenters. The van der Waals surface area contributed by atoms with Crippen molar-refractivity contribution in [2.24, 2.45) is 14.1 Å². The van der Waals surface area contributed by atoms with Gasteiger partial charge in [0.1, 0.15) is 17.3 Å². The number of sulfonamides is 1. The van der Waals surface area contributed by atoms with Crippen molar-refractivity contribution in [3.63, 3.8) is 0 Å². The molecule has 266 valence electrons. The molecule has 1 aliphatic rings. The van der Waals surface area contributed by atoms with Crippen LogP contribution in [0.15, 0.2) is 53.4 Å². The van der Waals surface area contributed by atoms with E-state index in [0.717, 1.165) is 22.2 Å². The second-order valence-corrected chi connectivity index (χ2v) is 16.3. The van der Waals surface area contributed by atoms with Gasteiger partial charge in [0.05, 0.1) is 43.0 Å². The number of carbonyl (C=O) groups is 1. The summed E-state index contributed by atoms with van der Waals surface area (Å²) in [5.74, 6) is -0.331. The Labute approximate surface area is 303 Å². The number of nitrogens with zero attached hydrogens (tertiary/aromatic N) is 6. The van der Waals surface area contributed by atoms with Gasteiger partial charge in [0.15, 0.2) is 0 Å². The zero-order chi connectivity index (χ0) is 36.4. The molecule has 0 saturated heterocycles. The molecular formula is C36H36ClFN6O5S2. The predicted molar refractivity (Wildman–Crippen MR) is 196 cm³/mol. The molecule has 7 rings (SSSR count). The molecule has 3 aromatic carbocycles. The van der Waals surface area contributed by atoms with Crippen LogP contribution in [-0.4, -0.2) is 60.8 Å². The smallest absolute Gasteiger partial charge is 0.352 e. The number of benzene rings is 3. The molecule has 0 fully saturated rings. The summed E-state index contributed by atoms with van der Waals surface area (Å²) in [6.45, 7) is 4.17. The quantitative estimate of drug-likeness (QED) is 0.199. The summed E-state index contributed by atoms with van der Waals surface area (Å²) in [5.41, 5.74) is 5.24. The first-order valence-electron chi connectivity index (χ1n) is 16.2. The molecule has 0 spiro atoms. The zero-order valence-corrected chi connectivity index (χ0v) is 31.1. The van der Waals surface area contributed by atoms with Crippen molar-refractivity contribution < 1.29 is 27.4 Å². The number of hydrogen-bond donors (Lipinski definition) is 1. The lowest BCUT2D eigenvalue weighted by Gasteiger charge is -2.20. The van der Waals surface area contributed by atoms with Crippen LogP contribution in [-0.2, 0) is 49.5 Å². The molecule has 4 heterocycles. The van der Waals surface area contributed by atoms with Crippen LogP contribution in [0.25, 0.3) is 32.8 Å². The van der Waals surface area contributed by atoms with E-state index in [1.165, 1.54) is 28.2 Å². The van der Waals surface area contributed by atoms with Crippen LogP contribution in [0.1, 0.15) is 45.2 Å². The lowest BCUT2D eigenvalue weighted by Crippen LogP contribution is -2.30. The molecule has 0 amide bonds. The van der Waals surface area contributed by atoms with Gasteiger partial charge in [-0.1, -0.05) is 11.6 Å². The number of rotatable bonds is 2. The van der Waals surface area contributed by atoms with Crippen molar-refractivity contribution in [2.75, 3.05) is 12.9 Å². The Morgan fingerprint density at radius 1 is 1.02 bits per heavy atom. The number of aromatic nitrogens is 5. The molecule has 0 radical (unpaired) electrons. The van der Waals surface area contributed by atoms with Gasteiger partial charge in [-0.2, -0.15) is 14.5 Å². The molecule has 1 N–H and O–H groups in total. The normalized spacial score (nSPS) is 14.8. The molecular weight excluding hydrogens is 715 g/mol. The number of aryl methyl sites for hydroxylation is 5. The van der Waals surface area contributed by atoms with E-state index >= 15 is 0 Å². The van der Waals surface area contributed by atoms with Gasteiger partial charge in [-0.15, -0.1) is 11.8 Å². The lowest BCUT2D eigenvalue weighted by atomic mass is 9.96. The maximum Gasteiger partial charge on any atom is 0.352 e. The van der Waals surface area contributed by atoms with Crippen LogP contribution in [0.2, 0.25) is 5.02 Å². The van der Waals surface area contributed by atoms with Crippen LogP contribution in [0.5, 0.6) is 5.75 Å². The molecule has 8 bridgehead atoms. The Bertz CT molecular complexity index is 2490. The van der Waals surface area contributed by atoms with Gasteiger partial charge < -0.3 is 14.4 Å². The topological polar surface area (TPSA) is 124 Å². The first-order valence-corrected chi connectivity index (χ1v) is 19.5. The van der Waals surface area contributed by atoms with Crippen molar-refractivity contribution in [1.82, 2.24) is 28.4 Å². The maximum atomic E-state index is 14.3. The zero-order valence-electron chi connectivity index (χ0n) is 28.7. The number of carboxylic acids is 1. The third kappa shape index (κ3) is 6.50. The fourth-order valence-electron chi connectivity index (χ4n) is 7.04. The Hall–Kier alpha value is -4.37. The molecule has 6 aromatic rings. The first kappa shape index (κ1) is 35.1. The van der Waals surface area contributed by atoms with E-state index in [1.807, 2.05) is 38.2 Å². The number of ether oxygens (including phenoxy) is 1. The third-order valence-corrected chi connectivity index (χ3v) is 11.9. The summed E-state index contributed by atoms with van der Waals surface area (Å²) in [6.07, 6.45) is 1.64. The maximum absolute atomic E-state index is 14.3.